The summed E-state index contributed by atoms with van der Waals surface area (Å²) in [7, 11) is 0. The van der Waals surface area contributed by atoms with E-state index in [4.69, 9.17) is 11.6 Å². The van der Waals surface area contributed by atoms with Crippen LogP contribution in [0.1, 0.15) is 5.56 Å². The Labute approximate surface area is 93.4 Å². The molecule has 15 heavy (non-hydrogen) atoms. The quantitative estimate of drug-likeness (QED) is 0.381. The number of hydrogen-bond acceptors (Lipinski definition) is 4. The summed E-state index contributed by atoms with van der Waals surface area (Å²) in [6.07, 6.45) is 0. The van der Waals surface area contributed by atoms with Crippen molar-refractivity contribution >= 4 is 17.7 Å². The first-order valence-corrected chi connectivity index (χ1v) is 5.77. The number of hydrogen-bond donors (Lipinski definition) is 3. The van der Waals surface area contributed by atoms with E-state index in [0.717, 1.165) is 5.75 Å². The van der Waals surface area contributed by atoms with Crippen molar-refractivity contribution in [3.8, 4) is 0 Å². The van der Waals surface area contributed by atoms with Crippen molar-refractivity contribution in [1.82, 2.24) is 5.43 Å². The molecule has 0 saturated carbocycles. The molecular weight excluding hydrogens is 210 g/mol. The van der Waals surface area contributed by atoms with Crippen molar-refractivity contribution in [1.29, 1.82) is 0 Å². The van der Waals surface area contributed by atoms with Gasteiger partial charge >= 0.3 is 0 Å². The molecule has 4 nitrogen and oxygen atoms in total. The SMILES string of the molecule is NNC(=O)[C@H](N)CSCc1ccccc1. The molecule has 0 fully saturated rings. The Morgan fingerprint density at radius 1 is 1.40 bits per heavy atom. The lowest BCUT2D eigenvalue weighted by Crippen LogP contribution is -2.45. The molecule has 82 valence electrons. The second-order valence-corrected chi connectivity index (χ2v) is 4.15. The second kappa shape index (κ2) is 6.44. The molecular formula is C10H15N3OS. The van der Waals surface area contributed by atoms with Gasteiger partial charge in [-0.2, -0.15) is 11.8 Å². The lowest BCUT2D eigenvalue weighted by Gasteiger charge is -2.08. The zero-order chi connectivity index (χ0) is 11.1. The molecule has 0 aliphatic carbocycles. The van der Waals surface area contributed by atoms with Crippen molar-refractivity contribution in [2.45, 2.75) is 11.8 Å². The summed E-state index contributed by atoms with van der Waals surface area (Å²) in [6, 6.07) is 9.50. The number of nitrogens with one attached hydrogen (secondary N) is 1. The zero-order valence-corrected chi connectivity index (χ0v) is 9.17. The van der Waals surface area contributed by atoms with Crippen LogP contribution in [0.4, 0.5) is 0 Å². The molecule has 1 amide bonds. The first-order valence-electron chi connectivity index (χ1n) is 4.61. The van der Waals surface area contributed by atoms with Gasteiger partial charge in [0.15, 0.2) is 0 Å². The Hall–Kier alpha value is -1.04. The highest BCUT2D eigenvalue weighted by Crippen LogP contribution is 2.11. The average molecular weight is 225 g/mol. The Bertz CT molecular complexity index is 305. The molecule has 1 aromatic carbocycles. The third-order valence-corrected chi connectivity index (χ3v) is 3.02. The molecule has 5 heteroatoms. The van der Waals surface area contributed by atoms with Crippen LogP contribution in [0.2, 0.25) is 0 Å². The highest BCUT2D eigenvalue weighted by Gasteiger charge is 2.11. The van der Waals surface area contributed by atoms with E-state index >= 15 is 0 Å². The third kappa shape index (κ3) is 4.33. The number of thioether (sulfide) groups is 1. The van der Waals surface area contributed by atoms with Gasteiger partial charge in [-0.3, -0.25) is 10.2 Å². The first kappa shape index (κ1) is 12.0. The maximum absolute atomic E-state index is 11.0. The van der Waals surface area contributed by atoms with Crippen LogP contribution in [0.15, 0.2) is 30.3 Å². The summed E-state index contributed by atoms with van der Waals surface area (Å²) in [5.41, 5.74) is 8.84. The molecule has 0 unspecified atom stereocenters. The minimum atomic E-state index is -0.538. The zero-order valence-electron chi connectivity index (χ0n) is 8.35. The monoisotopic (exact) mass is 225 g/mol. The van der Waals surface area contributed by atoms with Crippen LogP contribution in [0.25, 0.3) is 0 Å². The molecule has 5 N–H and O–H groups in total. The van der Waals surface area contributed by atoms with Crippen LogP contribution in [0.5, 0.6) is 0 Å². The van der Waals surface area contributed by atoms with Crippen LogP contribution >= 0.6 is 11.8 Å². The van der Waals surface area contributed by atoms with Crippen molar-refractivity contribution < 1.29 is 4.79 Å². The lowest BCUT2D eigenvalue weighted by molar-refractivity contribution is -0.121. The second-order valence-electron chi connectivity index (χ2n) is 3.12. The number of nitrogens with two attached hydrogens (primary N) is 2. The summed E-state index contributed by atoms with van der Waals surface area (Å²) < 4.78 is 0. The van der Waals surface area contributed by atoms with Gasteiger partial charge in [0.05, 0.1) is 6.04 Å². The minimum Gasteiger partial charge on any atom is -0.319 e. The molecule has 0 spiro atoms. The molecule has 0 aromatic heterocycles. The number of carbonyl (C=O) groups excluding carboxylic acids is 1. The van der Waals surface area contributed by atoms with Gasteiger partial charge in [-0.25, -0.2) is 5.84 Å². The van der Waals surface area contributed by atoms with Crippen LogP contribution in [-0.2, 0) is 10.5 Å². The van der Waals surface area contributed by atoms with E-state index in [0.29, 0.717) is 5.75 Å². The highest BCUT2D eigenvalue weighted by atomic mass is 32.2. The molecule has 1 atom stereocenters. The van der Waals surface area contributed by atoms with E-state index in [9.17, 15) is 4.79 Å². The standard InChI is InChI=1S/C10H15N3OS/c11-9(10(14)13-12)7-15-6-8-4-2-1-3-5-8/h1-5,9H,6-7,11-12H2,(H,13,14)/t9-/m1/s1. The summed E-state index contributed by atoms with van der Waals surface area (Å²) in [6.45, 7) is 0. The molecule has 0 heterocycles. The van der Waals surface area contributed by atoms with Crippen molar-refractivity contribution in [3.05, 3.63) is 35.9 Å². The van der Waals surface area contributed by atoms with Gasteiger partial charge in [0, 0.05) is 11.5 Å². The van der Waals surface area contributed by atoms with Gasteiger partial charge in [0.25, 0.3) is 5.91 Å². The van der Waals surface area contributed by atoms with E-state index < -0.39 is 6.04 Å². The van der Waals surface area contributed by atoms with E-state index in [1.54, 1.807) is 11.8 Å². The highest BCUT2D eigenvalue weighted by molar-refractivity contribution is 7.98. The molecule has 0 saturated heterocycles. The largest absolute Gasteiger partial charge is 0.319 e. The third-order valence-electron chi connectivity index (χ3n) is 1.89. The van der Waals surface area contributed by atoms with Gasteiger partial charge < -0.3 is 5.73 Å². The first-order chi connectivity index (χ1) is 7.24. The Morgan fingerprint density at radius 2 is 2.07 bits per heavy atom. The number of carbonyl (C=O) groups is 1. The maximum Gasteiger partial charge on any atom is 0.251 e. The fraction of sp³-hybridized carbons (Fsp3) is 0.300. The van der Waals surface area contributed by atoms with E-state index in [2.05, 4.69) is 0 Å². The number of amides is 1. The van der Waals surface area contributed by atoms with Crippen LogP contribution in [0.3, 0.4) is 0 Å². The van der Waals surface area contributed by atoms with Gasteiger partial charge in [-0.15, -0.1) is 0 Å². The van der Waals surface area contributed by atoms with Crippen LogP contribution in [-0.4, -0.2) is 17.7 Å². The molecule has 0 radical (unpaired) electrons. The van der Waals surface area contributed by atoms with Gasteiger partial charge in [-0.1, -0.05) is 30.3 Å². The van der Waals surface area contributed by atoms with Gasteiger partial charge in [-0.05, 0) is 5.56 Å². The Balaban J connectivity index is 2.25. The fourth-order valence-corrected chi connectivity index (χ4v) is 2.01. The fourth-order valence-electron chi connectivity index (χ4n) is 1.06. The normalized spacial score (nSPS) is 12.1. The summed E-state index contributed by atoms with van der Waals surface area (Å²) in [4.78, 5) is 11.0. The minimum absolute atomic E-state index is 0.324. The smallest absolute Gasteiger partial charge is 0.251 e. The van der Waals surface area contributed by atoms with E-state index in [-0.39, 0.29) is 5.91 Å². The van der Waals surface area contributed by atoms with Crippen LogP contribution in [0, 0.1) is 0 Å². The number of benzene rings is 1. The maximum atomic E-state index is 11.0. The summed E-state index contributed by atoms with van der Waals surface area (Å²) >= 11 is 1.62. The molecule has 0 aliphatic rings. The predicted octanol–water partition coefficient (Wildman–Crippen LogP) is 0.237. The van der Waals surface area contributed by atoms with Crippen molar-refractivity contribution in [2.24, 2.45) is 11.6 Å². The molecule has 0 aliphatic heterocycles. The molecule has 1 aromatic rings. The van der Waals surface area contributed by atoms with E-state index in [1.807, 2.05) is 35.8 Å². The number of rotatable bonds is 5. The summed E-state index contributed by atoms with van der Waals surface area (Å²) in [5, 5.41) is 0. The van der Waals surface area contributed by atoms with Crippen molar-refractivity contribution in [3.63, 3.8) is 0 Å². The average Bonchev–Trinajstić information content (AvgIpc) is 2.29. The topological polar surface area (TPSA) is 81.1 Å². The molecule has 1 rings (SSSR count). The Morgan fingerprint density at radius 3 is 2.67 bits per heavy atom. The van der Waals surface area contributed by atoms with Gasteiger partial charge in [0.2, 0.25) is 0 Å². The summed E-state index contributed by atoms with van der Waals surface area (Å²) in [5.74, 6) is 6.06. The molecule has 0 bridgehead atoms. The Kier molecular flexibility index (Phi) is 5.17. The van der Waals surface area contributed by atoms with Crippen LogP contribution < -0.4 is 17.0 Å². The van der Waals surface area contributed by atoms with Crippen molar-refractivity contribution in [2.75, 3.05) is 5.75 Å². The lowest BCUT2D eigenvalue weighted by atomic mass is 10.2. The van der Waals surface area contributed by atoms with Gasteiger partial charge in [0.1, 0.15) is 0 Å². The number of hydrazine groups is 1. The van der Waals surface area contributed by atoms with E-state index in [1.165, 1.54) is 5.56 Å². The predicted molar refractivity (Wildman–Crippen MR) is 62.9 cm³/mol.